The van der Waals surface area contributed by atoms with Crippen LogP contribution in [0.25, 0.3) is 11.6 Å². The molecule has 0 heterocycles. The van der Waals surface area contributed by atoms with E-state index >= 15 is 0 Å². The van der Waals surface area contributed by atoms with Crippen molar-refractivity contribution in [3.05, 3.63) is 69.8 Å². The van der Waals surface area contributed by atoms with Crippen molar-refractivity contribution < 1.29 is 0 Å². The van der Waals surface area contributed by atoms with Crippen LogP contribution >= 0.6 is 0 Å². The van der Waals surface area contributed by atoms with E-state index in [1.807, 2.05) is 13.8 Å². The first-order valence-corrected chi connectivity index (χ1v) is 10.9. The molecule has 2 aromatic rings. The van der Waals surface area contributed by atoms with Crippen molar-refractivity contribution in [3.63, 3.8) is 0 Å². The number of rotatable bonds is 1. The molecule has 1 aliphatic rings. The smallest absolute Gasteiger partial charge is 0.0129 e. The largest absolute Gasteiger partial charge is 0.0683 e. The van der Waals surface area contributed by atoms with E-state index in [1.54, 1.807) is 5.56 Å². The van der Waals surface area contributed by atoms with E-state index in [9.17, 15) is 0 Å². The Morgan fingerprint density at radius 3 is 2.00 bits per heavy atom. The summed E-state index contributed by atoms with van der Waals surface area (Å²) in [5.41, 5.74) is 10.5. The highest BCUT2D eigenvalue weighted by atomic mass is 14.3. The van der Waals surface area contributed by atoms with Crippen molar-refractivity contribution >= 4 is 11.6 Å². The van der Waals surface area contributed by atoms with Crippen LogP contribution in [0.1, 0.15) is 95.7 Å². The lowest BCUT2D eigenvalue weighted by Gasteiger charge is -2.33. The predicted molar refractivity (Wildman–Crippen MR) is 127 cm³/mol. The van der Waals surface area contributed by atoms with Crippen molar-refractivity contribution in [2.45, 2.75) is 86.5 Å². The van der Waals surface area contributed by atoms with Gasteiger partial charge in [-0.05, 0) is 69.0 Å². The SMILES string of the molecule is CC.Cc1ccccc1C1=Cc2cc(C(C)(C)C)cc(C(C)(C)C)c2C[C@H]1C. The minimum atomic E-state index is 0.161. The van der Waals surface area contributed by atoms with Crippen LogP contribution < -0.4 is 0 Å². The lowest BCUT2D eigenvalue weighted by molar-refractivity contribution is 0.557. The van der Waals surface area contributed by atoms with Crippen LogP contribution in [0.15, 0.2) is 36.4 Å². The molecule has 0 bridgehead atoms. The molecule has 28 heavy (non-hydrogen) atoms. The molecule has 0 fully saturated rings. The quantitative estimate of drug-likeness (QED) is 0.469. The van der Waals surface area contributed by atoms with E-state index in [-0.39, 0.29) is 10.8 Å². The highest BCUT2D eigenvalue weighted by Gasteiger charge is 2.28. The summed E-state index contributed by atoms with van der Waals surface area (Å²) in [7, 11) is 0. The van der Waals surface area contributed by atoms with Gasteiger partial charge in [-0.1, -0.05) is 105 Å². The molecule has 0 saturated heterocycles. The summed E-state index contributed by atoms with van der Waals surface area (Å²) in [6, 6.07) is 13.7. The van der Waals surface area contributed by atoms with Crippen LogP contribution in [0.5, 0.6) is 0 Å². The molecule has 0 aromatic heterocycles. The van der Waals surface area contributed by atoms with Crippen molar-refractivity contribution in [3.8, 4) is 0 Å². The van der Waals surface area contributed by atoms with Crippen molar-refractivity contribution in [2.75, 3.05) is 0 Å². The highest BCUT2D eigenvalue weighted by Crippen LogP contribution is 2.42. The average Bonchev–Trinajstić information content (AvgIpc) is 2.61. The fraction of sp³-hybridized carbons (Fsp3) is 0.500. The molecule has 152 valence electrons. The molecule has 0 radical (unpaired) electrons. The number of hydrogen-bond donors (Lipinski definition) is 0. The number of benzene rings is 2. The van der Waals surface area contributed by atoms with E-state index < -0.39 is 0 Å². The fourth-order valence-corrected chi connectivity index (χ4v) is 4.12. The third-order valence-corrected chi connectivity index (χ3v) is 5.77. The molecule has 1 atom stereocenters. The maximum Gasteiger partial charge on any atom is -0.0129 e. The van der Waals surface area contributed by atoms with Gasteiger partial charge in [0.2, 0.25) is 0 Å². The number of allylic oxidation sites excluding steroid dienone is 1. The van der Waals surface area contributed by atoms with Gasteiger partial charge >= 0.3 is 0 Å². The van der Waals surface area contributed by atoms with Crippen molar-refractivity contribution in [2.24, 2.45) is 5.92 Å². The summed E-state index contributed by atoms with van der Waals surface area (Å²) in [5.74, 6) is 0.546. The van der Waals surface area contributed by atoms with Gasteiger partial charge < -0.3 is 0 Å². The third-order valence-electron chi connectivity index (χ3n) is 5.77. The summed E-state index contributed by atoms with van der Waals surface area (Å²) in [6.07, 6.45) is 3.60. The topological polar surface area (TPSA) is 0 Å². The molecular formula is C28H40. The Labute approximate surface area is 174 Å². The van der Waals surface area contributed by atoms with E-state index in [1.165, 1.54) is 33.4 Å². The van der Waals surface area contributed by atoms with Gasteiger partial charge in [-0.2, -0.15) is 0 Å². The molecule has 0 heteroatoms. The van der Waals surface area contributed by atoms with Gasteiger partial charge in [0.25, 0.3) is 0 Å². The Kier molecular flexibility index (Phi) is 6.64. The standard InChI is InChI=1S/C26H34.C2H6/c1-17-11-9-10-12-21(17)22-15-19-14-20(25(3,4)5)16-24(26(6,7)8)23(19)13-18(22)2;1-2/h9-12,14-16,18H,13H2,1-8H3;1-2H3/t18-;/m1./s1. The molecular weight excluding hydrogens is 336 g/mol. The first-order chi connectivity index (χ1) is 13.0. The molecule has 0 spiro atoms. The Balaban J connectivity index is 0.00000136. The first-order valence-electron chi connectivity index (χ1n) is 10.9. The zero-order valence-electron chi connectivity index (χ0n) is 19.8. The van der Waals surface area contributed by atoms with Crippen LogP contribution in [0.4, 0.5) is 0 Å². The molecule has 0 nitrogen and oxygen atoms in total. The summed E-state index contributed by atoms with van der Waals surface area (Å²) in [5, 5.41) is 0. The number of aryl methyl sites for hydroxylation is 1. The van der Waals surface area contributed by atoms with Crippen LogP contribution in [-0.4, -0.2) is 0 Å². The van der Waals surface area contributed by atoms with Gasteiger partial charge in [-0.25, -0.2) is 0 Å². The normalized spacial score (nSPS) is 16.6. The van der Waals surface area contributed by atoms with Crippen LogP contribution in [-0.2, 0) is 17.3 Å². The van der Waals surface area contributed by atoms with Gasteiger partial charge in [0.1, 0.15) is 0 Å². The molecule has 0 saturated carbocycles. The Morgan fingerprint density at radius 2 is 1.46 bits per heavy atom. The van der Waals surface area contributed by atoms with Gasteiger partial charge in [0.05, 0.1) is 0 Å². The molecule has 3 rings (SSSR count). The average molecular weight is 377 g/mol. The van der Waals surface area contributed by atoms with Gasteiger partial charge in [0, 0.05) is 0 Å². The molecule has 0 aliphatic heterocycles. The second kappa shape index (κ2) is 8.27. The second-order valence-corrected chi connectivity index (χ2v) is 10.1. The number of fused-ring (bicyclic) bond motifs is 1. The Bertz CT molecular complexity index is 851. The first kappa shape index (κ1) is 22.5. The Hall–Kier alpha value is -1.82. The zero-order valence-corrected chi connectivity index (χ0v) is 19.8. The molecule has 0 unspecified atom stereocenters. The molecule has 0 amide bonds. The van der Waals surface area contributed by atoms with Crippen LogP contribution in [0, 0.1) is 12.8 Å². The van der Waals surface area contributed by atoms with Crippen LogP contribution in [0.2, 0.25) is 0 Å². The molecule has 0 N–H and O–H groups in total. The second-order valence-electron chi connectivity index (χ2n) is 10.1. The monoisotopic (exact) mass is 376 g/mol. The third kappa shape index (κ3) is 4.59. The molecule has 1 aliphatic carbocycles. The fourth-order valence-electron chi connectivity index (χ4n) is 4.12. The summed E-state index contributed by atoms with van der Waals surface area (Å²) < 4.78 is 0. The van der Waals surface area contributed by atoms with Gasteiger partial charge in [0.15, 0.2) is 0 Å². The van der Waals surface area contributed by atoms with Gasteiger partial charge in [-0.3, -0.25) is 0 Å². The minimum Gasteiger partial charge on any atom is -0.0683 e. The van der Waals surface area contributed by atoms with Crippen molar-refractivity contribution in [1.82, 2.24) is 0 Å². The summed E-state index contributed by atoms with van der Waals surface area (Å²) in [4.78, 5) is 0. The van der Waals surface area contributed by atoms with Crippen LogP contribution in [0.3, 0.4) is 0 Å². The van der Waals surface area contributed by atoms with E-state index in [0.29, 0.717) is 5.92 Å². The highest BCUT2D eigenvalue weighted by molar-refractivity contribution is 5.87. The minimum absolute atomic E-state index is 0.161. The lowest BCUT2D eigenvalue weighted by Crippen LogP contribution is -2.22. The van der Waals surface area contributed by atoms with Crippen molar-refractivity contribution in [1.29, 1.82) is 0 Å². The summed E-state index contributed by atoms with van der Waals surface area (Å²) in [6.45, 7) is 22.6. The maximum atomic E-state index is 2.47. The van der Waals surface area contributed by atoms with E-state index in [0.717, 1.165) is 6.42 Å². The zero-order chi connectivity index (χ0) is 21.3. The maximum absolute atomic E-state index is 2.47. The number of hydrogen-bond acceptors (Lipinski definition) is 0. The van der Waals surface area contributed by atoms with E-state index in [4.69, 9.17) is 0 Å². The predicted octanol–water partition coefficient (Wildman–Crippen LogP) is 8.35. The summed E-state index contributed by atoms with van der Waals surface area (Å²) >= 11 is 0. The van der Waals surface area contributed by atoms with E-state index in [2.05, 4.69) is 97.9 Å². The lowest BCUT2D eigenvalue weighted by atomic mass is 9.71. The molecule has 2 aromatic carbocycles. The Morgan fingerprint density at radius 1 is 0.857 bits per heavy atom. The van der Waals surface area contributed by atoms with Gasteiger partial charge in [-0.15, -0.1) is 0 Å².